The van der Waals surface area contributed by atoms with Gasteiger partial charge in [0, 0.05) is 38.0 Å². The Hall–Kier alpha value is -2.97. The Bertz CT molecular complexity index is 1230. The summed E-state index contributed by atoms with van der Waals surface area (Å²) in [6.07, 6.45) is 17.1. The Kier molecular flexibility index (Phi) is 8.29. The summed E-state index contributed by atoms with van der Waals surface area (Å²) in [5.74, 6) is -1.84. The molecule has 8 nitrogen and oxygen atoms in total. The van der Waals surface area contributed by atoms with E-state index in [4.69, 9.17) is 4.74 Å². The molecule has 42 heavy (non-hydrogen) atoms. The van der Waals surface area contributed by atoms with E-state index >= 15 is 0 Å². The summed E-state index contributed by atoms with van der Waals surface area (Å²) >= 11 is 0. The van der Waals surface area contributed by atoms with E-state index in [0.29, 0.717) is 26.1 Å². The van der Waals surface area contributed by atoms with E-state index in [-0.39, 0.29) is 30.4 Å². The first kappa shape index (κ1) is 29.1. The quantitative estimate of drug-likeness (QED) is 0.352. The van der Waals surface area contributed by atoms with E-state index < -0.39 is 29.1 Å². The van der Waals surface area contributed by atoms with Crippen LogP contribution in [-0.4, -0.2) is 82.2 Å². The summed E-state index contributed by atoms with van der Waals surface area (Å²) in [6, 6.07) is 8.97. The fourth-order valence-corrected chi connectivity index (χ4v) is 8.33. The number of aliphatic hydroxyl groups excluding tert-OH is 1. The second-order valence-corrected chi connectivity index (χ2v) is 12.7. The molecule has 4 heterocycles. The van der Waals surface area contributed by atoms with Crippen LogP contribution in [-0.2, 0) is 19.1 Å². The van der Waals surface area contributed by atoms with Crippen LogP contribution >= 0.6 is 0 Å². The first-order valence-electron chi connectivity index (χ1n) is 16.1. The smallest absolute Gasteiger partial charge is 0.249 e. The van der Waals surface area contributed by atoms with Gasteiger partial charge in [0.05, 0.1) is 17.4 Å². The van der Waals surface area contributed by atoms with Crippen molar-refractivity contribution in [1.29, 1.82) is 0 Å². The molecule has 1 aromatic carbocycles. The van der Waals surface area contributed by atoms with Crippen LogP contribution in [0.1, 0.15) is 71.1 Å². The monoisotopic (exact) mass is 575 g/mol. The van der Waals surface area contributed by atoms with Crippen molar-refractivity contribution in [3.8, 4) is 0 Å². The maximum atomic E-state index is 14.7. The van der Waals surface area contributed by atoms with Gasteiger partial charge >= 0.3 is 0 Å². The van der Waals surface area contributed by atoms with Crippen molar-refractivity contribution in [2.45, 2.75) is 94.4 Å². The summed E-state index contributed by atoms with van der Waals surface area (Å²) in [7, 11) is 0. The number of para-hydroxylation sites is 1. The zero-order valence-corrected chi connectivity index (χ0v) is 24.8. The normalized spacial score (nSPS) is 33.0. The minimum absolute atomic E-state index is 0.0443. The number of rotatable bonds is 9. The number of likely N-dealkylation sites (tertiary alicyclic amines) is 1. The Labute approximate surface area is 249 Å². The maximum Gasteiger partial charge on any atom is 0.249 e. The Morgan fingerprint density at radius 2 is 1.60 bits per heavy atom. The largest absolute Gasteiger partial charge is 0.396 e. The molecular weight excluding hydrogens is 530 g/mol. The molecule has 6 rings (SSSR count). The van der Waals surface area contributed by atoms with E-state index in [1.54, 1.807) is 9.80 Å². The number of carbonyl (C=O) groups excluding carboxylic acids is 3. The van der Waals surface area contributed by atoms with Crippen LogP contribution in [0.25, 0.3) is 0 Å². The topological polar surface area (TPSA) is 90.4 Å². The van der Waals surface area contributed by atoms with Gasteiger partial charge in [0.1, 0.15) is 11.6 Å². The third-order valence-corrected chi connectivity index (χ3v) is 10.4. The molecule has 1 unspecified atom stereocenters. The lowest BCUT2D eigenvalue weighted by molar-refractivity contribution is -0.154. The molecule has 1 spiro atoms. The fourth-order valence-electron chi connectivity index (χ4n) is 8.33. The summed E-state index contributed by atoms with van der Waals surface area (Å²) < 4.78 is 7.12. The van der Waals surface area contributed by atoms with Crippen molar-refractivity contribution in [2.24, 2.45) is 11.8 Å². The van der Waals surface area contributed by atoms with Crippen LogP contribution in [0.3, 0.4) is 0 Å². The molecule has 5 aliphatic rings. The lowest BCUT2D eigenvalue weighted by atomic mass is 9.73. The Balaban J connectivity index is 1.41. The van der Waals surface area contributed by atoms with Crippen LogP contribution in [0.2, 0.25) is 0 Å². The number of hydrogen-bond acceptors (Lipinski definition) is 5. The highest BCUT2D eigenvalue weighted by Gasteiger charge is 2.75. The van der Waals surface area contributed by atoms with E-state index in [1.807, 2.05) is 66.5 Å². The van der Waals surface area contributed by atoms with Gasteiger partial charge in [-0.25, -0.2) is 0 Å². The molecule has 0 bridgehead atoms. The van der Waals surface area contributed by atoms with E-state index in [2.05, 4.69) is 0 Å². The van der Waals surface area contributed by atoms with Gasteiger partial charge in [-0.05, 0) is 44.2 Å². The van der Waals surface area contributed by atoms with Crippen molar-refractivity contribution >= 4 is 23.4 Å². The van der Waals surface area contributed by atoms with Crippen LogP contribution < -0.4 is 4.90 Å². The average Bonchev–Trinajstić information content (AvgIpc) is 3.30. The molecule has 226 valence electrons. The number of hydrogen-bond donors (Lipinski definition) is 1. The van der Waals surface area contributed by atoms with Gasteiger partial charge in [0.25, 0.3) is 0 Å². The molecular formula is C34H45N3O5. The SMILES string of the molecule is CC[C@]12C=CCN(c3ccccc3)C(=O)[C@H]1[C@H]1C(=O)N(CCCCCCO)C3C(=O)N(C4CCCCC4)CC=C[C@@]31O2. The van der Waals surface area contributed by atoms with Gasteiger partial charge < -0.3 is 24.5 Å². The van der Waals surface area contributed by atoms with Gasteiger partial charge in [-0.1, -0.05) is 81.5 Å². The lowest BCUT2D eigenvalue weighted by Gasteiger charge is -2.40. The number of ether oxygens (including phenoxy) is 1. The second kappa shape index (κ2) is 12.0. The number of amides is 3. The van der Waals surface area contributed by atoms with Crippen LogP contribution in [0.15, 0.2) is 54.6 Å². The molecule has 1 saturated carbocycles. The van der Waals surface area contributed by atoms with Gasteiger partial charge in [-0.15, -0.1) is 0 Å². The van der Waals surface area contributed by atoms with E-state index in [1.165, 1.54) is 6.42 Å². The number of carbonyl (C=O) groups is 3. The van der Waals surface area contributed by atoms with Gasteiger partial charge in [0.15, 0.2) is 0 Å². The first-order valence-corrected chi connectivity index (χ1v) is 16.1. The van der Waals surface area contributed by atoms with Gasteiger partial charge in [0.2, 0.25) is 17.7 Å². The summed E-state index contributed by atoms with van der Waals surface area (Å²) in [5, 5.41) is 9.23. The first-order chi connectivity index (χ1) is 20.5. The molecule has 3 amide bonds. The third-order valence-electron chi connectivity index (χ3n) is 10.4. The van der Waals surface area contributed by atoms with E-state index in [9.17, 15) is 19.5 Å². The molecule has 1 N–H and O–H groups in total. The molecule has 0 radical (unpaired) electrons. The molecule has 0 aromatic heterocycles. The second-order valence-electron chi connectivity index (χ2n) is 12.7. The number of nitrogens with zero attached hydrogens (tertiary/aromatic N) is 3. The lowest BCUT2D eigenvalue weighted by Crippen LogP contribution is -2.57. The standard InChI is InChI=1S/C34H45N3O5/c1-2-33-19-13-22-35(25-15-7-5-8-16-25)30(39)27(33)28-31(40)37(21-11-3-4-12-24-38)29-32(41)36(26-17-9-6-10-18-26)23-14-20-34(28,29)42-33/h5,7-8,13-16,19-20,26-29,38H,2-4,6,9-12,17-18,21-24H2,1H3/t27-,28+,29?,33+,34+/m1/s1. The summed E-state index contributed by atoms with van der Waals surface area (Å²) in [4.78, 5) is 49.4. The zero-order valence-electron chi connectivity index (χ0n) is 24.8. The Morgan fingerprint density at radius 1 is 0.857 bits per heavy atom. The highest BCUT2D eigenvalue weighted by atomic mass is 16.5. The molecule has 5 atom stereocenters. The van der Waals surface area contributed by atoms with Crippen molar-refractivity contribution in [3.63, 3.8) is 0 Å². The van der Waals surface area contributed by atoms with Crippen LogP contribution in [0.4, 0.5) is 5.69 Å². The van der Waals surface area contributed by atoms with Gasteiger partial charge in [-0.2, -0.15) is 0 Å². The van der Waals surface area contributed by atoms with E-state index in [0.717, 1.165) is 57.1 Å². The summed E-state index contributed by atoms with van der Waals surface area (Å²) in [5.41, 5.74) is -1.39. The molecule has 4 aliphatic heterocycles. The summed E-state index contributed by atoms with van der Waals surface area (Å²) in [6.45, 7) is 3.50. The number of benzene rings is 1. The van der Waals surface area contributed by atoms with Crippen LogP contribution in [0.5, 0.6) is 0 Å². The highest BCUT2D eigenvalue weighted by molar-refractivity contribution is 6.04. The van der Waals surface area contributed by atoms with Crippen LogP contribution in [0, 0.1) is 11.8 Å². The minimum Gasteiger partial charge on any atom is -0.396 e. The predicted octanol–water partition coefficient (Wildman–Crippen LogP) is 4.23. The maximum absolute atomic E-state index is 14.7. The molecule has 3 fully saturated rings. The van der Waals surface area contributed by atoms with Gasteiger partial charge in [-0.3, -0.25) is 14.4 Å². The molecule has 1 aromatic rings. The minimum atomic E-state index is -1.21. The number of anilines is 1. The average molecular weight is 576 g/mol. The third kappa shape index (κ3) is 4.71. The van der Waals surface area contributed by atoms with Crippen molar-refractivity contribution in [3.05, 3.63) is 54.6 Å². The zero-order chi connectivity index (χ0) is 29.3. The highest BCUT2D eigenvalue weighted by Crippen LogP contribution is 2.59. The van der Waals surface area contributed by atoms with Crippen molar-refractivity contribution < 1.29 is 24.2 Å². The Morgan fingerprint density at radius 3 is 2.33 bits per heavy atom. The number of aliphatic hydroxyl groups is 1. The molecule has 2 saturated heterocycles. The number of fused-ring (bicyclic) bond motifs is 2. The molecule has 8 heteroatoms. The fraction of sp³-hybridized carbons (Fsp3) is 0.618. The number of unbranched alkanes of at least 4 members (excludes halogenated alkanes) is 3. The van der Waals surface area contributed by atoms with Crippen molar-refractivity contribution in [2.75, 3.05) is 31.1 Å². The molecule has 1 aliphatic carbocycles. The predicted molar refractivity (Wildman–Crippen MR) is 161 cm³/mol. The van der Waals surface area contributed by atoms with Crippen molar-refractivity contribution in [1.82, 2.24) is 9.80 Å².